The number of furan rings is 1. The Balaban J connectivity index is 1.52. The van der Waals surface area contributed by atoms with Gasteiger partial charge in [0.1, 0.15) is 11.6 Å². The third kappa shape index (κ3) is 4.21. The highest BCUT2D eigenvalue weighted by atomic mass is 19.1. The summed E-state index contributed by atoms with van der Waals surface area (Å²) >= 11 is 0. The number of amides is 2. The van der Waals surface area contributed by atoms with Crippen molar-refractivity contribution in [3.05, 3.63) is 77.8 Å². The maximum atomic E-state index is 13.1. The van der Waals surface area contributed by atoms with Crippen molar-refractivity contribution < 1.29 is 18.4 Å². The fourth-order valence-electron chi connectivity index (χ4n) is 3.46. The second kappa shape index (κ2) is 8.31. The first kappa shape index (κ1) is 18.9. The molecule has 1 aliphatic rings. The number of hydrogen-bond donors (Lipinski definition) is 1. The fraction of sp³-hybridized carbons (Fsp3) is 0.217. The van der Waals surface area contributed by atoms with Gasteiger partial charge in [-0.05, 0) is 67.8 Å². The Morgan fingerprint density at radius 2 is 1.62 bits per heavy atom. The summed E-state index contributed by atoms with van der Waals surface area (Å²) in [5.41, 5.74) is 1.59. The van der Waals surface area contributed by atoms with Crippen LogP contribution < -0.4 is 5.32 Å². The van der Waals surface area contributed by atoms with Gasteiger partial charge < -0.3 is 14.6 Å². The standard InChI is InChI=1S/C23H21FN2O3/c24-17-10-8-16(9-11-17)20-12-13-21(29-20)22(27)25-19-7-3-2-6-18(19)23(28)26-14-4-1-5-15-26/h2-3,6-13H,1,4-5,14-15H2,(H,25,27). The van der Waals surface area contributed by atoms with E-state index in [0.29, 0.717) is 22.6 Å². The van der Waals surface area contributed by atoms with Gasteiger partial charge in [-0.1, -0.05) is 12.1 Å². The number of piperidine rings is 1. The highest BCUT2D eigenvalue weighted by molar-refractivity contribution is 6.08. The number of halogens is 1. The van der Waals surface area contributed by atoms with Gasteiger partial charge >= 0.3 is 0 Å². The predicted octanol–water partition coefficient (Wildman–Crippen LogP) is 4.96. The Kier molecular flexibility index (Phi) is 5.42. The molecule has 4 rings (SSSR count). The highest BCUT2D eigenvalue weighted by Gasteiger charge is 2.22. The van der Waals surface area contributed by atoms with Crippen LogP contribution in [-0.4, -0.2) is 29.8 Å². The molecule has 0 spiro atoms. The second-order valence-corrected chi connectivity index (χ2v) is 7.02. The number of anilines is 1. The van der Waals surface area contributed by atoms with Crippen molar-refractivity contribution in [3.63, 3.8) is 0 Å². The molecule has 29 heavy (non-hydrogen) atoms. The summed E-state index contributed by atoms with van der Waals surface area (Å²) in [5, 5.41) is 2.78. The third-order valence-electron chi connectivity index (χ3n) is 5.01. The fourth-order valence-corrected chi connectivity index (χ4v) is 3.46. The van der Waals surface area contributed by atoms with E-state index in [4.69, 9.17) is 4.42 Å². The lowest BCUT2D eigenvalue weighted by Gasteiger charge is -2.27. The van der Waals surface area contributed by atoms with Crippen LogP contribution in [0.2, 0.25) is 0 Å². The summed E-state index contributed by atoms with van der Waals surface area (Å²) in [6.45, 7) is 1.47. The number of hydrogen-bond acceptors (Lipinski definition) is 3. The molecule has 2 amide bonds. The molecule has 1 N–H and O–H groups in total. The number of rotatable bonds is 4. The normalized spacial score (nSPS) is 13.9. The lowest BCUT2D eigenvalue weighted by Crippen LogP contribution is -2.36. The van der Waals surface area contributed by atoms with Crippen LogP contribution in [0.1, 0.15) is 40.2 Å². The number of carbonyl (C=O) groups excluding carboxylic acids is 2. The van der Waals surface area contributed by atoms with Gasteiger partial charge in [0, 0.05) is 18.7 Å². The maximum absolute atomic E-state index is 13.1. The predicted molar refractivity (Wildman–Crippen MR) is 108 cm³/mol. The van der Waals surface area contributed by atoms with Gasteiger partial charge in [0.25, 0.3) is 11.8 Å². The average molecular weight is 392 g/mol. The van der Waals surface area contributed by atoms with E-state index < -0.39 is 5.91 Å². The summed E-state index contributed by atoms with van der Waals surface area (Å²) in [5.74, 6) is -0.282. The van der Waals surface area contributed by atoms with Crippen LogP contribution in [0.3, 0.4) is 0 Å². The minimum Gasteiger partial charge on any atom is -0.451 e. The average Bonchev–Trinajstić information content (AvgIpc) is 3.25. The van der Waals surface area contributed by atoms with E-state index in [-0.39, 0.29) is 17.5 Å². The van der Waals surface area contributed by atoms with Crippen LogP contribution in [0.15, 0.2) is 65.1 Å². The molecule has 3 aromatic rings. The van der Waals surface area contributed by atoms with Gasteiger partial charge in [-0.2, -0.15) is 0 Å². The molecule has 6 heteroatoms. The molecular formula is C23H21FN2O3. The number of para-hydroxylation sites is 1. The van der Waals surface area contributed by atoms with Crippen molar-refractivity contribution in [2.24, 2.45) is 0 Å². The Morgan fingerprint density at radius 3 is 2.38 bits per heavy atom. The van der Waals surface area contributed by atoms with E-state index >= 15 is 0 Å². The number of likely N-dealkylation sites (tertiary alicyclic amines) is 1. The molecule has 2 aromatic carbocycles. The van der Waals surface area contributed by atoms with Crippen molar-refractivity contribution in [3.8, 4) is 11.3 Å². The van der Waals surface area contributed by atoms with E-state index in [1.54, 1.807) is 48.5 Å². The monoisotopic (exact) mass is 392 g/mol. The SMILES string of the molecule is O=C(Nc1ccccc1C(=O)N1CCCCC1)c1ccc(-c2ccc(F)cc2)o1. The van der Waals surface area contributed by atoms with Gasteiger partial charge in [-0.3, -0.25) is 9.59 Å². The van der Waals surface area contributed by atoms with Gasteiger partial charge in [0.15, 0.2) is 5.76 Å². The van der Waals surface area contributed by atoms with Crippen molar-refractivity contribution in [2.75, 3.05) is 18.4 Å². The van der Waals surface area contributed by atoms with Crippen molar-refractivity contribution >= 4 is 17.5 Å². The van der Waals surface area contributed by atoms with Crippen LogP contribution in [-0.2, 0) is 0 Å². The molecule has 0 radical (unpaired) electrons. The Morgan fingerprint density at radius 1 is 0.897 bits per heavy atom. The van der Waals surface area contributed by atoms with Gasteiger partial charge in [0.05, 0.1) is 11.3 Å². The van der Waals surface area contributed by atoms with Gasteiger partial charge in [0.2, 0.25) is 0 Å². The van der Waals surface area contributed by atoms with Crippen molar-refractivity contribution in [1.29, 1.82) is 0 Å². The highest BCUT2D eigenvalue weighted by Crippen LogP contribution is 2.24. The summed E-state index contributed by atoms with van der Waals surface area (Å²) in [4.78, 5) is 27.4. The van der Waals surface area contributed by atoms with Crippen LogP contribution >= 0.6 is 0 Å². The summed E-state index contributed by atoms with van der Waals surface area (Å²) in [6.07, 6.45) is 3.13. The molecule has 2 heterocycles. The van der Waals surface area contributed by atoms with E-state index in [2.05, 4.69) is 5.32 Å². The Hall–Kier alpha value is -3.41. The number of nitrogens with one attached hydrogen (secondary N) is 1. The van der Waals surface area contributed by atoms with Gasteiger partial charge in [-0.25, -0.2) is 4.39 Å². The summed E-state index contributed by atoms with van der Waals surface area (Å²) in [7, 11) is 0. The molecule has 1 saturated heterocycles. The minimum atomic E-state index is -0.447. The lowest BCUT2D eigenvalue weighted by molar-refractivity contribution is 0.0725. The minimum absolute atomic E-state index is 0.0768. The first-order chi connectivity index (χ1) is 14.1. The lowest BCUT2D eigenvalue weighted by atomic mass is 10.1. The largest absolute Gasteiger partial charge is 0.451 e. The molecule has 148 valence electrons. The zero-order valence-corrected chi connectivity index (χ0v) is 15.9. The molecule has 0 unspecified atom stereocenters. The molecule has 0 saturated carbocycles. The molecule has 1 aliphatic heterocycles. The molecule has 1 fully saturated rings. The van der Waals surface area contributed by atoms with E-state index in [0.717, 1.165) is 32.4 Å². The number of benzene rings is 2. The Labute approximate surface area is 168 Å². The second-order valence-electron chi connectivity index (χ2n) is 7.02. The van der Waals surface area contributed by atoms with E-state index in [1.165, 1.54) is 12.1 Å². The van der Waals surface area contributed by atoms with Gasteiger partial charge in [-0.15, -0.1) is 0 Å². The first-order valence-corrected chi connectivity index (χ1v) is 9.67. The zero-order chi connectivity index (χ0) is 20.2. The van der Waals surface area contributed by atoms with Crippen LogP contribution in [0.4, 0.5) is 10.1 Å². The molecule has 0 aliphatic carbocycles. The smallest absolute Gasteiger partial charge is 0.291 e. The molecule has 5 nitrogen and oxygen atoms in total. The quantitative estimate of drug-likeness (QED) is 0.682. The number of nitrogens with zero attached hydrogens (tertiary/aromatic N) is 1. The van der Waals surface area contributed by atoms with Crippen LogP contribution in [0, 0.1) is 5.82 Å². The molecule has 1 aromatic heterocycles. The van der Waals surface area contributed by atoms with Crippen molar-refractivity contribution in [2.45, 2.75) is 19.3 Å². The molecular weight excluding hydrogens is 371 g/mol. The van der Waals surface area contributed by atoms with Crippen LogP contribution in [0.5, 0.6) is 0 Å². The first-order valence-electron chi connectivity index (χ1n) is 9.67. The van der Waals surface area contributed by atoms with Crippen LogP contribution in [0.25, 0.3) is 11.3 Å². The van der Waals surface area contributed by atoms with Crippen molar-refractivity contribution in [1.82, 2.24) is 4.90 Å². The van der Waals surface area contributed by atoms with E-state index in [9.17, 15) is 14.0 Å². The Bertz CT molecular complexity index is 1020. The third-order valence-corrected chi connectivity index (χ3v) is 5.01. The summed E-state index contributed by atoms with van der Waals surface area (Å²) in [6, 6.07) is 16.0. The molecule has 0 bridgehead atoms. The summed E-state index contributed by atoms with van der Waals surface area (Å²) < 4.78 is 18.7. The zero-order valence-electron chi connectivity index (χ0n) is 15.9. The topological polar surface area (TPSA) is 62.6 Å². The van der Waals surface area contributed by atoms with E-state index in [1.807, 2.05) is 4.90 Å². The molecule has 0 atom stereocenters. The maximum Gasteiger partial charge on any atom is 0.291 e. The number of carbonyl (C=O) groups is 2.